The summed E-state index contributed by atoms with van der Waals surface area (Å²) in [7, 11) is 4.69. The quantitative estimate of drug-likeness (QED) is 0.401. The van der Waals surface area contributed by atoms with Crippen molar-refractivity contribution in [2.24, 2.45) is 0 Å². The molecule has 1 heterocycles. The largest absolute Gasteiger partial charge is 0.493 e. The first kappa shape index (κ1) is 20.7. The molecule has 3 aromatic rings. The number of benzene rings is 2. The second-order valence-electron chi connectivity index (χ2n) is 6.25. The van der Waals surface area contributed by atoms with Gasteiger partial charge in [0.2, 0.25) is 5.75 Å². The van der Waals surface area contributed by atoms with Crippen LogP contribution in [0, 0.1) is 6.92 Å². The smallest absolute Gasteiger partial charge is 0.203 e. The van der Waals surface area contributed by atoms with Crippen LogP contribution >= 0.6 is 11.8 Å². The van der Waals surface area contributed by atoms with E-state index in [0.717, 1.165) is 11.1 Å². The van der Waals surface area contributed by atoms with Crippen LogP contribution in [0.1, 0.15) is 15.9 Å². The predicted octanol–water partition coefficient (Wildman–Crippen LogP) is 4.45. The van der Waals surface area contributed by atoms with Gasteiger partial charge in [0.15, 0.2) is 17.3 Å². The van der Waals surface area contributed by atoms with Crippen LogP contribution in [0.15, 0.2) is 53.6 Å². The van der Waals surface area contributed by atoms with Crippen molar-refractivity contribution in [1.29, 1.82) is 0 Å². The summed E-state index contributed by atoms with van der Waals surface area (Å²) in [6.07, 6.45) is 0. The van der Waals surface area contributed by atoms with Crippen molar-refractivity contribution in [3.8, 4) is 28.5 Å². The second-order valence-corrected chi connectivity index (χ2v) is 7.24. The Labute approximate surface area is 174 Å². The number of hydrogen-bond acceptors (Lipinski definition) is 7. The highest BCUT2D eigenvalue weighted by molar-refractivity contribution is 7.99. The molecule has 1 aromatic heterocycles. The van der Waals surface area contributed by atoms with E-state index in [1.165, 1.54) is 11.8 Å². The van der Waals surface area contributed by atoms with Crippen LogP contribution < -0.4 is 14.2 Å². The van der Waals surface area contributed by atoms with Crippen molar-refractivity contribution in [2.75, 3.05) is 27.1 Å². The van der Waals surface area contributed by atoms with Crippen LogP contribution in [0.25, 0.3) is 11.3 Å². The number of methoxy groups -OCH3 is 3. The molecule has 0 bridgehead atoms. The minimum absolute atomic E-state index is 0.0607. The summed E-state index contributed by atoms with van der Waals surface area (Å²) in [6.45, 7) is 1.99. The number of rotatable bonds is 8. The lowest BCUT2D eigenvalue weighted by molar-refractivity contribution is 0.102. The molecule has 2 aromatic carbocycles. The Hall–Kier alpha value is -3.06. The summed E-state index contributed by atoms with van der Waals surface area (Å²) in [5.74, 6) is 1.98. The van der Waals surface area contributed by atoms with Crippen LogP contribution in [0.5, 0.6) is 17.2 Å². The molecule has 0 amide bonds. The van der Waals surface area contributed by atoms with Gasteiger partial charge in [-0.25, -0.2) is 0 Å². The third kappa shape index (κ3) is 4.86. The van der Waals surface area contributed by atoms with E-state index < -0.39 is 0 Å². The van der Waals surface area contributed by atoms with Gasteiger partial charge < -0.3 is 14.2 Å². The average molecular weight is 410 g/mol. The normalized spacial score (nSPS) is 10.5. The molecular formula is C22H22N2O4S. The zero-order chi connectivity index (χ0) is 20.8. The Morgan fingerprint density at radius 2 is 1.55 bits per heavy atom. The minimum atomic E-state index is 0.0607. The van der Waals surface area contributed by atoms with Crippen LogP contribution in [0.3, 0.4) is 0 Å². The number of carbonyl (C=O) groups is 1. The van der Waals surface area contributed by atoms with E-state index in [1.54, 1.807) is 21.3 Å². The van der Waals surface area contributed by atoms with Gasteiger partial charge in [0.1, 0.15) is 5.03 Å². The van der Waals surface area contributed by atoms with Crippen LogP contribution in [-0.4, -0.2) is 43.1 Å². The molecule has 29 heavy (non-hydrogen) atoms. The fourth-order valence-electron chi connectivity index (χ4n) is 2.74. The topological polar surface area (TPSA) is 70.5 Å². The summed E-state index contributed by atoms with van der Waals surface area (Å²) in [6, 6.07) is 14.9. The molecule has 0 atom stereocenters. The maximum Gasteiger partial charge on any atom is 0.203 e. The zero-order valence-electron chi connectivity index (χ0n) is 16.8. The van der Waals surface area contributed by atoms with Crippen molar-refractivity contribution in [3.63, 3.8) is 0 Å². The number of Topliss-reactive ketones (excluding diaryl/α,β-unsaturated/α-hetero) is 1. The van der Waals surface area contributed by atoms with Gasteiger partial charge in [-0.2, -0.15) is 0 Å². The third-order valence-corrected chi connectivity index (χ3v) is 5.25. The highest BCUT2D eigenvalue weighted by Gasteiger charge is 2.15. The zero-order valence-corrected chi connectivity index (χ0v) is 17.6. The van der Waals surface area contributed by atoms with Crippen molar-refractivity contribution in [2.45, 2.75) is 11.9 Å². The van der Waals surface area contributed by atoms with E-state index in [0.29, 0.717) is 39.3 Å². The summed E-state index contributed by atoms with van der Waals surface area (Å²) in [5, 5.41) is 9.20. The minimum Gasteiger partial charge on any atom is -0.493 e. The van der Waals surface area contributed by atoms with Gasteiger partial charge in [-0.05, 0) is 31.2 Å². The van der Waals surface area contributed by atoms with Gasteiger partial charge >= 0.3 is 0 Å². The summed E-state index contributed by atoms with van der Waals surface area (Å²) in [5.41, 5.74) is 3.28. The van der Waals surface area contributed by atoms with E-state index in [9.17, 15) is 4.79 Å². The van der Waals surface area contributed by atoms with E-state index in [2.05, 4.69) is 10.2 Å². The number of ketones is 1. The van der Waals surface area contributed by atoms with E-state index in [1.807, 2.05) is 55.5 Å². The van der Waals surface area contributed by atoms with Gasteiger partial charge in [0, 0.05) is 11.1 Å². The Morgan fingerprint density at radius 1 is 0.897 bits per heavy atom. The number of ether oxygens (including phenoxy) is 3. The van der Waals surface area contributed by atoms with E-state index in [4.69, 9.17) is 14.2 Å². The molecule has 0 N–H and O–H groups in total. The van der Waals surface area contributed by atoms with Gasteiger partial charge in [0.05, 0.1) is 32.8 Å². The lowest BCUT2D eigenvalue weighted by atomic mass is 10.1. The fraction of sp³-hybridized carbons (Fsp3) is 0.227. The van der Waals surface area contributed by atoms with Crippen LogP contribution in [-0.2, 0) is 0 Å². The first-order chi connectivity index (χ1) is 14.0. The molecule has 0 fully saturated rings. The van der Waals surface area contributed by atoms with Gasteiger partial charge in [0.25, 0.3) is 0 Å². The molecule has 7 heteroatoms. The summed E-state index contributed by atoms with van der Waals surface area (Å²) < 4.78 is 16.1. The SMILES string of the molecule is COc1cc(-c2ccc(SCC(=O)c3ccc(C)cc3)nn2)cc(OC)c1OC. The molecule has 3 rings (SSSR count). The molecule has 0 saturated carbocycles. The Morgan fingerprint density at radius 3 is 2.07 bits per heavy atom. The monoisotopic (exact) mass is 410 g/mol. The number of aryl methyl sites for hydroxylation is 1. The van der Waals surface area contributed by atoms with Gasteiger partial charge in [-0.3, -0.25) is 4.79 Å². The van der Waals surface area contributed by atoms with Crippen LogP contribution in [0.4, 0.5) is 0 Å². The Bertz CT molecular complexity index is 964. The number of hydrogen-bond donors (Lipinski definition) is 0. The lowest BCUT2D eigenvalue weighted by Crippen LogP contribution is -2.02. The molecule has 0 radical (unpaired) electrons. The number of thioether (sulfide) groups is 1. The average Bonchev–Trinajstić information content (AvgIpc) is 2.77. The molecule has 0 saturated heterocycles. The van der Waals surface area contributed by atoms with Gasteiger partial charge in [-0.15, -0.1) is 10.2 Å². The summed E-state index contributed by atoms with van der Waals surface area (Å²) in [4.78, 5) is 12.3. The van der Waals surface area contributed by atoms with Crippen molar-refractivity contribution >= 4 is 17.5 Å². The van der Waals surface area contributed by atoms with Gasteiger partial charge in [-0.1, -0.05) is 41.6 Å². The van der Waals surface area contributed by atoms with Crippen molar-refractivity contribution in [1.82, 2.24) is 10.2 Å². The highest BCUT2D eigenvalue weighted by Crippen LogP contribution is 2.40. The number of carbonyl (C=O) groups excluding carboxylic acids is 1. The second kappa shape index (κ2) is 9.43. The number of aromatic nitrogens is 2. The lowest BCUT2D eigenvalue weighted by Gasteiger charge is -2.13. The standard InChI is InChI=1S/C22H22N2O4S/c1-14-5-7-15(8-6-14)18(25)13-29-21-10-9-17(23-24-21)16-11-19(26-2)22(28-4)20(12-16)27-3/h5-12H,13H2,1-4H3. The molecule has 0 aliphatic carbocycles. The summed E-state index contributed by atoms with van der Waals surface area (Å²) >= 11 is 1.36. The van der Waals surface area contributed by atoms with E-state index in [-0.39, 0.29) is 5.78 Å². The molecule has 0 aliphatic heterocycles. The first-order valence-electron chi connectivity index (χ1n) is 8.92. The first-order valence-corrected chi connectivity index (χ1v) is 9.91. The molecular weight excluding hydrogens is 388 g/mol. The third-order valence-electron chi connectivity index (χ3n) is 4.33. The van der Waals surface area contributed by atoms with Crippen molar-refractivity contribution in [3.05, 3.63) is 59.7 Å². The molecule has 6 nitrogen and oxygen atoms in total. The number of nitrogens with zero attached hydrogens (tertiary/aromatic N) is 2. The van der Waals surface area contributed by atoms with Crippen LogP contribution in [0.2, 0.25) is 0 Å². The maximum atomic E-state index is 12.3. The predicted molar refractivity (Wildman–Crippen MR) is 113 cm³/mol. The van der Waals surface area contributed by atoms with Crippen molar-refractivity contribution < 1.29 is 19.0 Å². The molecule has 0 spiro atoms. The highest BCUT2D eigenvalue weighted by atomic mass is 32.2. The Balaban J connectivity index is 1.73. The van der Waals surface area contributed by atoms with E-state index >= 15 is 0 Å². The fourth-order valence-corrected chi connectivity index (χ4v) is 3.45. The maximum absolute atomic E-state index is 12.3. The molecule has 0 aliphatic rings. The molecule has 0 unspecified atom stereocenters. The molecule has 150 valence electrons. The Kier molecular flexibility index (Phi) is 6.72.